The van der Waals surface area contributed by atoms with Crippen molar-refractivity contribution in [2.45, 2.75) is 0 Å². The SMILES string of the molecule is CN(C(=O)c1ccc[nH]1)c1ccc(C(=O)O)nc1. The van der Waals surface area contributed by atoms with Crippen molar-refractivity contribution in [1.82, 2.24) is 9.97 Å². The van der Waals surface area contributed by atoms with Crippen LogP contribution in [0.1, 0.15) is 21.0 Å². The summed E-state index contributed by atoms with van der Waals surface area (Å²) in [5, 5.41) is 8.73. The first-order valence-corrected chi connectivity index (χ1v) is 5.20. The average molecular weight is 245 g/mol. The monoisotopic (exact) mass is 245 g/mol. The first-order valence-electron chi connectivity index (χ1n) is 5.20. The molecule has 92 valence electrons. The lowest BCUT2D eigenvalue weighted by Gasteiger charge is -2.15. The maximum atomic E-state index is 12.0. The van der Waals surface area contributed by atoms with Crippen LogP contribution in [0.25, 0.3) is 0 Å². The summed E-state index contributed by atoms with van der Waals surface area (Å²) in [6.45, 7) is 0. The molecule has 2 aromatic heterocycles. The van der Waals surface area contributed by atoms with E-state index < -0.39 is 5.97 Å². The van der Waals surface area contributed by atoms with Gasteiger partial charge >= 0.3 is 5.97 Å². The molecule has 0 aliphatic rings. The number of aromatic amines is 1. The molecule has 2 N–H and O–H groups in total. The third-order valence-electron chi connectivity index (χ3n) is 2.49. The van der Waals surface area contributed by atoms with Gasteiger partial charge in [0.25, 0.3) is 5.91 Å². The van der Waals surface area contributed by atoms with E-state index in [2.05, 4.69) is 9.97 Å². The summed E-state index contributed by atoms with van der Waals surface area (Å²) in [7, 11) is 1.60. The Labute approximate surface area is 103 Å². The predicted octanol–water partition coefficient (Wildman–Crippen LogP) is 1.38. The van der Waals surface area contributed by atoms with E-state index in [4.69, 9.17) is 5.11 Å². The third kappa shape index (κ3) is 2.22. The van der Waals surface area contributed by atoms with E-state index in [0.717, 1.165) is 0 Å². The minimum absolute atomic E-state index is 0.0560. The highest BCUT2D eigenvalue weighted by Gasteiger charge is 2.14. The maximum Gasteiger partial charge on any atom is 0.354 e. The average Bonchev–Trinajstić information content (AvgIpc) is 2.91. The standard InChI is InChI=1S/C12H11N3O3/c1-15(11(16)9-3-2-6-13-9)8-4-5-10(12(17)18)14-7-8/h2-7,13H,1H3,(H,17,18). The van der Waals surface area contributed by atoms with Crippen LogP contribution in [0.15, 0.2) is 36.7 Å². The van der Waals surface area contributed by atoms with E-state index in [1.54, 1.807) is 25.4 Å². The molecular formula is C12H11N3O3. The first kappa shape index (κ1) is 11.8. The van der Waals surface area contributed by atoms with Crippen molar-refractivity contribution in [2.24, 2.45) is 0 Å². The third-order valence-corrected chi connectivity index (χ3v) is 2.49. The molecule has 2 rings (SSSR count). The molecule has 6 nitrogen and oxygen atoms in total. The highest BCUT2D eigenvalue weighted by Crippen LogP contribution is 2.14. The molecule has 18 heavy (non-hydrogen) atoms. The van der Waals surface area contributed by atoms with Gasteiger partial charge in [0, 0.05) is 13.2 Å². The number of rotatable bonds is 3. The zero-order chi connectivity index (χ0) is 13.1. The predicted molar refractivity (Wildman–Crippen MR) is 64.7 cm³/mol. The van der Waals surface area contributed by atoms with Gasteiger partial charge in [0.2, 0.25) is 0 Å². The number of aromatic carboxylic acids is 1. The molecule has 6 heteroatoms. The van der Waals surface area contributed by atoms with E-state index in [9.17, 15) is 9.59 Å². The fourth-order valence-electron chi connectivity index (χ4n) is 1.47. The Hall–Kier alpha value is -2.63. The number of hydrogen-bond acceptors (Lipinski definition) is 3. The Morgan fingerprint density at radius 3 is 2.61 bits per heavy atom. The van der Waals surface area contributed by atoms with E-state index in [-0.39, 0.29) is 11.6 Å². The van der Waals surface area contributed by atoms with E-state index >= 15 is 0 Å². The minimum Gasteiger partial charge on any atom is -0.477 e. The second-order valence-electron chi connectivity index (χ2n) is 3.65. The second-order valence-corrected chi connectivity index (χ2v) is 3.65. The minimum atomic E-state index is -1.10. The Morgan fingerprint density at radius 1 is 1.33 bits per heavy atom. The first-order chi connectivity index (χ1) is 8.59. The van der Waals surface area contributed by atoms with Crippen molar-refractivity contribution in [2.75, 3.05) is 11.9 Å². The summed E-state index contributed by atoms with van der Waals surface area (Å²) in [5.74, 6) is -1.32. The van der Waals surface area contributed by atoms with Gasteiger partial charge in [0.05, 0.1) is 11.9 Å². The van der Waals surface area contributed by atoms with Gasteiger partial charge < -0.3 is 15.0 Å². The second kappa shape index (κ2) is 4.70. The van der Waals surface area contributed by atoms with Crippen LogP contribution in [0.5, 0.6) is 0 Å². The molecule has 0 fully saturated rings. The number of nitrogens with zero attached hydrogens (tertiary/aromatic N) is 2. The number of hydrogen-bond donors (Lipinski definition) is 2. The van der Waals surface area contributed by atoms with Crippen molar-refractivity contribution >= 4 is 17.6 Å². The quantitative estimate of drug-likeness (QED) is 0.855. The molecule has 0 aromatic carbocycles. The zero-order valence-electron chi connectivity index (χ0n) is 9.62. The summed E-state index contributed by atoms with van der Waals surface area (Å²) in [6.07, 6.45) is 3.01. The fraction of sp³-hybridized carbons (Fsp3) is 0.0833. The van der Waals surface area contributed by atoms with Crippen LogP contribution in [0.3, 0.4) is 0 Å². The smallest absolute Gasteiger partial charge is 0.354 e. The molecular weight excluding hydrogens is 234 g/mol. The number of carboxylic acid groups (broad SMARTS) is 1. The van der Waals surface area contributed by atoms with Crippen LogP contribution < -0.4 is 4.90 Å². The van der Waals surface area contributed by atoms with Gasteiger partial charge in [-0.25, -0.2) is 9.78 Å². The van der Waals surface area contributed by atoms with E-state index in [1.165, 1.54) is 23.2 Å². The molecule has 0 radical (unpaired) electrons. The lowest BCUT2D eigenvalue weighted by Crippen LogP contribution is -2.26. The highest BCUT2D eigenvalue weighted by atomic mass is 16.4. The molecule has 2 heterocycles. The molecule has 0 saturated heterocycles. The number of amides is 1. The molecule has 2 aromatic rings. The number of carbonyl (C=O) groups is 2. The van der Waals surface area contributed by atoms with E-state index in [1.807, 2.05) is 0 Å². The van der Waals surface area contributed by atoms with Crippen molar-refractivity contribution in [3.63, 3.8) is 0 Å². The van der Waals surface area contributed by atoms with Crippen LogP contribution in [0, 0.1) is 0 Å². The molecule has 0 unspecified atom stereocenters. The van der Waals surface area contributed by atoms with Crippen molar-refractivity contribution < 1.29 is 14.7 Å². The maximum absolute atomic E-state index is 12.0. The van der Waals surface area contributed by atoms with Crippen LogP contribution >= 0.6 is 0 Å². The summed E-state index contributed by atoms with van der Waals surface area (Å²) < 4.78 is 0. The molecule has 1 amide bonds. The number of nitrogens with one attached hydrogen (secondary N) is 1. The largest absolute Gasteiger partial charge is 0.477 e. The Balaban J connectivity index is 2.21. The number of pyridine rings is 1. The van der Waals surface area contributed by atoms with Crippen molar-refractivity contribution in [1.29, 1.82) is 0 Å². The lowest BCUT2D eigenvalue weighted by molar-refractivity contribution is 0.0690. The van der Waals surface area contributed by atoms with Gasteiger partial charge in [-0.2, -0.15) is 0 Å². The van der Waals surface area contributed by atoms with Gasteiger partial charge in [0.1, 0.15) is 11.4 Å². The van der Waals surface area contributed by atoms with Gasteiger partial charge in [0.15, 0.2) is 0 Å². The number of H-pyrrole nitrogens is 1. The molecule has 0 aliphatic carbocycles. The normalized spacial score (nSPS) is 10.1. The van der Waals surface area contributed by atoms with Gasteiger partial charge in [-0.1, -0.05) is 0 Å². The zero-order valence-corrected chi connectivity index (χ0v) is 9.62. The highest BCUT2D eigenvalue weighted by molar-refractivity contribution is 6.04. The van der Waals surface area contributed by atoms with Crippen LogP contribution in [-0.4, -0.2) is 34.0 Å². The number of anilines is 1. The van der Waals surface area contributed by atoms with Gasteiger partial charge in [-0.3, -0.25) is 4.79 Å². The summed E-state index contributed by atoms with van der Waals surface area (Å²) in [4.78, 5) is 30.6. The molecule has 0 atom stereocenters. The van der Waals surface area contributed by atoms with Gasteiger partial charge in [-0.05, 0) is 24.3 Å². The molecule has 0 aliphatic heterocycles. The molecule has 0 bridgehead atoms. The van der Waals surface area contributed by atoms with Crippen LogP contribution in [-0.2, 0) is 0 Å². The number of carbonyl (C=O) groups excluding carboxylic acids is 1. The Morgan fingerprint density at radius 2 is 2.11 bits per heavy atom. The molecule has 0 saturated carbocycles. The van der Waals surface area contributed by atoms with Crippen LogP contribution in [0.4, 0.5) is 5.69 Å². The number of carboxylic acids is 1. The fourth-order valence-corrected chi connectivity index (χ4v) is 1.47. The summed E-state index contributed by atoms with van der Waals surface area (Å²) >= 11 is 0. The molecule has 0 spiro atoms. The Kier molecular flexibility index (Phi) is 3.09. The van der Waals surface area contributed by atoms with Crippen molar-refractivity contribution in [3.05, 3.63) is 48.0 Å². The summed E-state index contributed by atoms with van der Waals surface area (Å²) in [6, 6.07) is 6.29. The Bertz CT molecular complexity index is 561. The van der Waals surface area contributed by atoms with E-state index in [0.29, 0.717) is 11.4 Å². The van der Waals surface area contributed by atoms with Crippen molar-refractivity contribution in [3.8, 4) is 0 Å². The summed E-state index contributed by atoms with van der Waals surface area (Å²) in [5.41, 5.74) is 0.930. The van der Waals surface area contributed by atoms with Gasteiger partial charge in [-0.15, -0.1) is 0 Å². The van der Waals surface area contributed by atoms with Crippen LogP contribution in [0.2, 0.25) is 0 Å². The lowest BCUT2D eigenvalue weighted by atomic mass is 10.3. The topological polar surface area (TPSA) is 86.3 Å². The number of aromatic nitrogens is 2.